The number of carboxylic acids is 1. The van der Waals surface area contributed by atoms with Crippen LogP contribution in [0.5, 0.6) is 17.2 Å². The number of carbonyl (C=O) groups excluding carboxylic acids is 1. The van der Waals surface area contributed by atoms with Crippen LogP contribution in [0.15, 0.2) is 48.5 Å². The molecule has 9 heteroatoms. The summed E-state index contributed by atoms with van der Waals surface area (Å²) in [5, 5.41) is 8.68. The van der Waals surface area contributed by atoms with Crippen molar-refractivity contribution in [2.45, 2.75) is 25.4 Å². The highest BCUT2D eigenvalue weighted by Crippen LogP contribution is 2.29. The van der Waals surface area contributed by atoms with Gasteiger partial charge in [0.1, 0.15) is 5.75 Å². The molecule has 0 bridgehead atoms. The maximum absolute atomic E-state index is 12.4. The molecule has 6 nitrogen and oxygen atoms in total. The molecule has 0 aliphatic rings. The minimum absolute atomic E-state index is 0.0133. The van der Waals surface area contributed by atoms with Crippen LogP contribution in [-0.2, 0) is 4.79 Å². The molecule has 0 aliphatic heterocycles. The van der Waals surface area contributed by atoms with Gasteiger partial charge in [0.2, 0.25) is 0 Å². The normalized spacial score (nSPS) is 11.4. The Kier molecular flexibility index (Phi) is 8.48. The molecule has 0 saturated heterocycles. The van der Waals surface area contributed by atoms with Crippen LogP contribution in [0.3, 0.4) is 0 Å². The number of carbonyl (C=O) groups is 2. The maximum Gasteiger partial charge on any atom is 0.389 e. The molecule has 0 unspecified atom stereocenters. The molecule has 0 heterocycles. The van der Waals surface area contributed by atoms with Gasteiger partial charge in [-0.3, -0.25) is 0 Å². The second-order valence-electron chi connectivity index (χ2n) is 6.42. The van der Waals surface area contributed by atoms with Crippen molar-refractivity contribution in [1.82, 2.24) is 0 Å². The average Bonchev–Trinajstić information content (AvgIpc) is 2.72. The summed E-state index contributed by atoms with van der Waals surface area (Å²) in [5.41, 5.74) is 0.789. The number of methoxy groups -OCH3 is 1. The summed E-state index contributed by atoms with van der Waals surface area (Å²) >= 11 is 0. The van der Waals surface area contributed by atoms with E-state index in [1.807, 2.05) is 0 Å². The number of benzene rings is 2. The van der Waals surface area contributed by atoms with Crippen molar-refractivity contribution in [3.05, 3.63) is 59.7 Å². The van der Waals surface area contributed by atoms with Crippen molar-refractivity contribution in [3.8, 4) is 17.2 Å². The fourth-order valence-corrected chi connectivity index (χ4v) is 2.50. The van der Waals surface area contributed by atoms with Gasteiger partial charge in [-0.2, -0.15) is 13.2 Å². The molecule has 2 rings (SSSR count). The van der Waals surface area contributed by atoms with Crippen LogP contribution in [0.1, 0.15) is 35.2 Å². The Morgan fingerprint density at radius 1 is 1.03 bits per heavy atom. The Hall–Kier alpha value is -3.49. The molecule has 0 aliphatic carbocycles. The van der Waals surface area contributed by atoms with Crippen molar-refractivity contribution in [3.63, 3.8) is 0 Å². The topological polar surface area (TPSA) is 82.1 Å². The zero-order chi connectivity index (χ0) is 22.9. The van der Waals surface area contributed by atoms with Crippen LogP contribution in [0.25, 0.3) is 6.08 Å². The summed E-state index contributed by atoms with van der Waals surface area (Å²) in [5.74, 6) is -0.910. The Labute approximate surface area is 176 Å². The summed E-state index contributed by atoms with van der Waals surface area (Å²) < 4.78 is 52.2. The van der Waals surface area contributed by atoms with Gasteiger partial charge in [-0.25, -0.2) is 9.59 Å². The third kappa shape index (κ3) is 8.41. The molecule has 31 heavy (non-hydrogen) atoms. The van der Waals surface area contributed by atoms with E-state index in [0.717, 1.165) is 6.08 Å². The fraction of sp³-hybridized carbons (Fsp3) is 0.273. The molecule has 2 aromatic rings. The molecular formula is C22H21F3O6. The van der Waals surface area contributed by atoms with E-state index in [9.17, 15) is 22.8 Å². The molecule has 0 fully saturated rings. The number of alkyl halides is 3. The lowest BCUT2D eigenvalue weighted by atomic mass is 10.2. The van der Waals surface area contributed by atoms with Crippen LogP contribution >= 0.6 is 0 Å². The summed E-state index contributed by atoms with van der Waals surface area (Å²) in [7, 11) is 1.39. The van der Waals surface area contributed by atoms with Crippen LogP contribution in [0.4, 0.5) is 13.2 Å². The van der Waals surface area contributed by atoms with Crippen molar-refractivity contribution in [1.29, 1.82) is 0 Å². The summed E-state index contributed by atoms with van der Waals surface area (Å²) in [6, 6.07) is 10.6. The van der Waals surface area contributed by atoms with E-state index in [2.05, 4.69) is 0 Å². The highest BCUT2D eigenvalue weighted by Gasteiger charge is 2.25. The number of aliphatic carboxylic acids is 1. The highest BCUT2D eigenvalue weighted by atomic mass is 19.4. The molecule has 0 amide bonds. The van der Waals surface area contributed by atoms with E-state index >= 15 is 0 Å². The molecule has 0 saturated carbocycles. The number of unbranched alkanes of at least 4 members (excludes halogenated alkanes) is 1. The average molecular weight is 438 g/mol. The third-order valence-electron chi connectivity index (χ3n) is 4.02. The molecular weight excluding hydrogens is 417 g/mol. The second kappa shape index (κ2) is 11.1. The Morgan fingerprint density at radius 3 is 2.35 bits per heavy atom. The first kappa shape index (κ1) is 23.8. The summed E-state index contributed by atoms with van der Waals surface area (Å²) in [6.07, 6.45) is -2.41. The second-order valence-corrected chi connectivity index (χ2v) is 6.42. The SMILES string of the molecule is COc1cc(/C=C/C(=O)O)ccc1OC(=O)c1ccc(OCCCCC(F)(F)F)cc1. The molecule has 0 spiro atoms. The largest absolute Gasteiger partial charge is 0.494 e. The van der Waals surface area contributed by atoms with Crippen LogP contribution < -0.4 is 14.2 Å². The zero-order valence-electron chi connectivity index (χ0n) is 16.6. The Bertz CT molecular complexity index is 920. The first-order valence-corrected chi connectivity index (χ1v) is 9.29. The number of ether oxygens (including phenoxy) is 3. The van der Waals surface area contributed by atoms with Crippen molar-refractivity contribution in [2.24, 2.45) is 0 Å². The van der Waals surface area contributed by atoms with Gasteiger partial charge in [0.15, 0.2) is 11.5 Å². The Balaban J connectivity index is 1.93. The summed E-state index contributed by atoms with van der Waals surface area (Å²) in [6.45, 7) is 0.139. The number of esters is 1. The lowest BCUT2D eigenvalue weighted by molar-refractivity contribution is -0.136. The van der Waals surface area contributed by atoms with Gasteiger partial charge in [-0.05, 0) is 60.9 Å². The minimum atomic E-state index is -4.17. The number of halogens is 3. The van der Waals surface area contributed by atoms with Gasteiger partial charge >= 0.3 is 18.1 Å². The standard InChI is InChI=1S/C22H21F3O6/c1-29-19-14-15(5-11-20(26)27)4-10-18(19)31-21(28)16-6-8-17(9-7-16)30-13-3-2-12-22(23,24)25/h4-11,14H,2-3,12-13H2,1H3,(H,26,27)/b11-5+. The zero-order valence-corrected chi connectivity index (χ0v) is 16.6. The van der Waals surface area contributed by atoms with Crippen LogP contribution in [0.2, 0.25) is 0 Å². The van der Waals surface area contributed by atoms with Crippen molar-refractivity contribution < 1.29 is 42.1 Å². The number of hydrogen-bond donors (Lipinski definition) is 1. The molecule has 0 aromatic heterocycles. The van der Waals surface area contributed by atoms with E-state index in [-0.39, 0.29) is 36.5 Å². The first-order chi connectivity index (χ1) is 14.7. The van der Waals surface area contributed by atoms with Gasteiger partial charge in [-0.1, -0.05) is 6.07 Å². The number of carboxylic acid groups (broad SMARTS) is 1. The van der Waals surface area contributed by atoms with Crippen LogP contribution in [0, 0.1) is 0 Å². The van der Waals surface area contributed by atoms with E-state index < -0.39 is 24.5 Å². The third-order valence-corrected chi connectivity index (χ3v) is 4.02. The van der Waals surface area contributed by atoms with E-state index in [1.54, 1.807) is 6.07 Å². The van der Waals surface area contributed by atoms with E-state index in [0.29, 0.717) is 11.3 Å². The predicted molar refractivity (Wildman–Crippen MR) is 106 cm³/mol. The fourth-order valence-electron chi connectivity index (χ4n) is 2.50. The van der Waals surface area contributed by atoms with Gasteiger partial charge in [0.05, 0.1) is 19.3 Å². The molecule has 0 atom stereocenters. The van der Waals surface area contributed by atoms with Crippen molar-refractivity contribution >= 4 is 18.0 Å². The maximum atomic E-state index is 12.4. The first-order valence-electron chi connectivity index (χ1n) is 9.29. The quantitative estimate of drug-likeness (QED) is 0.240. The van der Waals surface area contributed by atoms with Crippen LogP contribution in [-0.4, -0.2) is 36.9 Å². The van der Waals surface area contributed by atoms with E-state index in [1.165, 1.54) is 49.6 Å². The lowest BCUT2D eigenvalue weighted by Crippen LogP contribution is -2.09. The monoisotopic (exact) mass is 438 g/mol. The Morgan fingerprint density at radius 2 is 1.74 bits per heavy atom. The smallest absolute Gasteiger partial charge is 0.389 e. The molecule has 0 radical (unpaired) electrons. The van der Waals surface area contributed by atoms with Gasteiger partial charge in [0.25, 0.3) is 0 Å². The lowest BCUT2D eigenvalue weighted by Gasteiger charge is -2.11. The molecule has 2 aromatic carbocycles. The number of hydrogen-bond acceptors (Lipinski definition) is 5. The van der Waals surface area contributed by atoms with E-state index in [4.69, 9.17) is 19.3 Å². The molecule has 1 N–H and O–H groups in total. The number of rotatable bonds is 10. The molecule has 166 valence electrons. The van der Waals surface area contributed by atoms with Gasteiger partial charge in [-0.15, -0.1) is 0 Å². The summed E-state index contributed by atoms with van der Waals surface area (Å²) in [4.78, 5) is 23.0. The van der Waals surface area contributed by atoms with Crippen molar-refractivity contribution in [2.75, 3.05) is 13.7 Å². The van der Waals surface area contributed by atoms with Gasteiger partial charge in [0, 0.05) is 12.5 Å². The van der Waals surface area contributed by atoms with Gasteiger partial charge < -0.3 is 19.3 Å². The highest BCUT2D eigenvalue weighted by molar-refractivity contribution is 5.91. The minimum Gasteiger partial charge on any atom is -0.494 e. The predicted octanol–water partition coefficient (Wildman–Crippen LogP) is 5.12.